The molecule has 0 radical (unpaired) electrons. The first-order chi connectivity index (χ1) is 9.60. The summed E-state index contributed by atoms with van der Waals surface area (Å²) in [5.74, 6) is 0. The van der Waals surface area contributed by atoms with E-state index in [0.717, 1.165) is 25.7 Å². The van der Waals surface area contributed by atoms with E-state index < -0.39 is 10.0 Å². The van der Waals surface area contributed by atoms with Crippen LogP contribution in [-0.4, -0.2) is 38.0 Å². The van der Waals surface area contributed by atoms with Crippen molar-refractivity contribution in [2.24, 2.45) is 0 Å². The van der Waals surface area contributed by atoms with Crippen molar-refractivity contribution in [1.29, 1.82) is 0 Å². The summed E-state index contributed by atoms with van der Waals surface area (Å²) in [6.45, 7) is 0.880. The third-order valence-corrected chi connectivity index (χ3v) is 6.19. The molecule has 2 unspecified atom stereocenters. The van der Waals surface area contributed by atoms with Gasteiger partial charge in [0.05, 0.1) is 24.4 Å². The van der Waals surface area contributed by atoms with Crippen molar-refractivity contribution in [3.8, 4) is 0 Å². The molecule has 6 heteroatoms. The van der Waals surface area contributed by atoms with E-state index in [2.05, 4.69) is 0 Å². The Morgan fingerprint density at radius 2 is 1.95 bits per heavy atom. The summed E-state index contributed by atoms with van der Waals surface area (Å²) in [4.78, 5) is 0.214. The number of ether oxygens (including phenoxy) is 1. The largest absolute Gasteiger partial charge is 0.398 e. The maximum Gasteiger partial charge on any atom is 0.245 e. The van der Waals surface area contributed by atoms with Gasteiger partial charge in [-0.15, -0.1) is 0 Å². The summed E-state index contributed by atoms with van der Waals surface area (Å²) in [7, 11) is -3.53. The molecule has 1 aromatic rings. The SMILES string of the molecule is Nc1ccccc1S(=O)(=O)N1CCOC2CCCCC21. The molecular weight excluding hydrogens is 276 g/mol. The van der Waals surface area contributed by atoms with Crippen LogP contribution in [0, 0.1) is 0 Å². The quantitative estimate of drug-likeness (QED) is 0.841. The normalized spacial score (nSPS) is 28.0. The van der Waals surface area contributed by atoms with Crippen LogP contribution in [0.5, 0.6) is 0 Å². The predicted octanol–water partition coefficient (Wildman–Crippen LogP) is 1.60. The molecule has 1 saturated heterocycles. The predicted molar refractivity (Wildman–Crippen MR) is 76.7 cm³/mol. The fraction of sp³-hybridized carbons (Fsp3) is 0.571. The lowest BCUT2D eigenvalue weighted by molar-refractivity contribution is -0.0586. The molecule has 0 amide bonds. The number of hydrogen-bond donors (Lipinski definition) is 1. The zero-order valence-electron chi connectivity index (χ0n) is 11.4. The average molecular weight is 296 g/mol. The highest BCUT2D eigenvalue weighted by molar-refractivity contribution is 7.89. The van der Waals surface area contributed by atoms with Crippen molar-refractivity contribution in [2.45, 2.75) is 42.7 Å². The number of para-hydroxylation sites is 1. The molecule has 3 rings (SSSR count). The Kier molecular flexibility index (Phi) is 3.70. The van der Waals surface area contributed by atoms with Crippen LogP contribution in [0.25, 0.3) is 0 Å². The second kappa shape index (κ2) is 5.35. The van der Waals surface area contributed by atoms with E-state index in [1.807, 2.05) is 0 Å². The van der Waals surface area contributed by atoms with Crippen LogP contribution in [0.1, 0.15) is 25.7 Å². The van der Waals surface area contributed by atoms with Gasteiger partial charge in [-0.1, -0.05) is 25.0 Å². The molecule has 0 aromatic heterocycles. The third kappa shape index (κ3) is 2.32. The fourth-order valence-corrected chi connectivity index (χ4v) is 4.98. The monoisotopic (exact) mass is 296 g/mol. The molecule has 5 nitrogen and oxygen atoms in total. The Morgan fingerprint density at radius 1 is 1.20 bits per heavy atom. The molecule has 110 valence electrons. The first-order valence-corrected chi connectivity index (χ1v) is 8.52. The van der Waals surface area contributed by atoms with Crippen LogP contribution in [0.15, 0.2) is 29.2 Å². The number of hydrogen-bond acceptors (Lipinski definition) is 4. The lowest BCUT2D eigenvalue weighted by Gasteiger charge is -2.42. The Labute approximate surface area is 119 Å². The number of benzene rings is 1. The van der Waals surface area contributed by atoms with Gasteiger partial charge in [-0.3, -0.25) is 0 Å². The van der Waals surface area contributed by atoms with Crippen LogP contribution < -0.4 is 5.73 Å². The summed E-state index contributed by atoms with van der Waals surface area (Å²) in [5, 5.41) is 0. The number of nitrogens with two attached hydrogens (primary N) is 1. The molecule has 20 heavy (non-hydrogen) atoms. The molecular formula is C14H20N2O3S. The molecule has 1 aliphatic heterocycles. The smallest absolute Gasteiger partial charge is 0.245 e. The van der Waals surface area contributed by atoms with E-state index >= 15 is 0 Å². The third-order valence-electron chi connectivity index (χ3n) is 4.19. The Morgan fingerprint density at radius 3 is 2.75 bits per heavy atom. The molecule has 2 fully saturated rings. The lowest BCUT2D eigenvalue weighted by atomic mass is 9.91. The van der Waals surface area contributed by atoms with E-state index in [4.69, 9.17) is 10.5 Å². The van der Waals surface area contributed by atoms with Gasteiger partial charge in [-0.05, 0) is 25.0 Å². The zero-order chi connectivity index (χ0) is 14.2. The lowest BCUT2D eigenvalue weighted by Crippen LogP contribution is -2.54. The van der Waals surface area contributed by atoms with E-state index in [9.17, 15) is 8.42 Å². The molecule has 1 heterocycles. The van der Waals surface area contributed by atoms with E-state index in [1.165, 1.54) is 0 Å². The van der Waals surface area contributed by atoms with Gasteiger partial charge >= 0.3 is 0 Å². The number of nitrogens with zero attached hydrogens (tertiary/aromatic N) is 1. The number of sulfonamides is 1. The molecule has 2 atom stereocenters. The van der Waals surface area contributed by atoms with Crippen LogP contribution in [0.3, 0.4) is 0 Å². The minimum absolute atomic E-state index is 0.0391. The maximum absolute atomic E-state index is 12.9. The van der Waals surface area contributed by atoms with Gasteiger partial charge in [0.2, 0.25) is 10.0 Å². The summed E-state index contributed by atoms with van der Waals surface area (Å²) in [5.41, 5.74) is 6.16. The van der Waals surface area contributed by atoms with Gasteiger partial charge in [0.25, 0.3) is 0 Å². The minimum atomic E-state index is -3.53. The van der Waals surface area contributed by atoms with Gasteiger partial charge in [-0.2, -0.15) is 4.31 Å². The number of nitrogen functional groups attached to an aromatic ring is 1. The van der Waals surface area contributed by atoms with Gasteiger partial charge in [-0.25, -0.2) is 8.42 Å². The van der Waals surface area contributed by atoms with Crippen LogP contribution >= 0.6 is 0 Å². The van der Waals surface area contributed by atoms with Gasteiger partial charge in [0, 0.05) is 6.54 Å². The molecule has 1 aliphatic carbocycles. The van der Waals surface area contributed by atoms with Gasteiger partial charge in [0.15, 0.2) is 0 Å². The van der Waals surface area contributed by atoms with E-state index in [-0.39, 0.29) is 17.0 Å². The molecule has 2 N–H and O–H groups in total. The first kappa shape index (κ1) is 13.9. The summed E-state index contributed by atoms with van der Waals surface area (Å²) >= 11 is 0. The molecule has 0 spiro atoms. The Balaban J connectivity index is 1.96. The highest BCUT2D eigenvalue weighted by Crippen LogP contribution is 2.33. The molecule has 2 aliphatic rings. The van der Waals surface area contributed by atoms with Crippen molar-refractivity contribution in [2.75, 3.05) is 18.9 Å². The highest BCUT2D eigenvalue weighted by atomic mass is 32.2. The molecule has 1 saturated carbocycles. The second-order valence-corrected chi connectivity index (χ2v) is 7.27. The Bertz CT molecular complexity index is 586. The molecule has 1 aromatic carbocycles. The molecule has 0 bridgehead atoms. The van der Waals surface area contributed by atoms with Gasteiger partial charge < -0.3 is 10.5 Å². The van der Waals surface area contributed by atoms with Gasteiger partial charge in [0.1, 0.15) is 4.90 Å². The van der Waals surface area contributed by atoms with E-state index in [0.29, 0.717) is 18.8 Å². The number of fused-ring (bicyclic) bond motifs is 1. The average Bonchev–Trinajstić information content (AvgIpc) is 2.47. The van der Waals surface area contributed by atoms with Crippen molar-refractivity contribution in [3.63, 3.8) is 0 Å². The van der Waals surface area contributed by atoms with Crippen molar-refractivity contribution in [3.05, 3.63) is 24.3 Å². The van der Waals surface area contributed by atoms with Crippen molar-refractivity contribution >= 4 is 15.7 Å². The van der Waals surface area contributed by atoms with Crippen LogP contribution in [0.4, 0.5) is 5.69 Å². The topological polar surface area (TPSA) is 72.6 Å². The number of rotatable bonds is 2. The van der Waals surface area contributed by atoms with E-state index in [1.54, 1.807) is 28.6 Å². The standard InChI is InChI=1S/C14H20N2O3S/c15-11-5-1-4-8-14(11)20(17,18)16-9-10-19-13-7-3-2-6-12(13)16/h1,4-5,8,12-13H,2-3,6-7,9-10,15H2. The maximum atomic E-state index is 12.9. The van der Waals surface area contributed by atoms with Crippen molar-refractivity contribution < 1.29 is 13.2 Å². The highest BCUT2D eigenvalue weighted by Gasteiger charge is 2.41. The summed E-state index contributed by atoms with van der Waals surface area (Å²) in [6.07, 6.45) is 4.03. The fourth-order valence-electron chi connectivity index (χ4n) is 3.20. The van der Waals surface area contributed by atoms with Crippen LogP contribution in [-0.2, 0) is 14.8 Å². The number of anilines is 1. The van der Waals surface area contributed by atoms with Crippen LogP contribution in [0.2, 0.25) is 0 Å². The minimum Gasteiger partial charge on any atom is -0.398 e. The summed E-state index contributed by atoms with van der Waals surface area (Å²) < 4.78 is 33.0. The van der Waals surface area contributed by atoms with Crippen molar-refractivity contribution in [1.82, 2.24) is 4.31 Å². The Hall–Kier alpha value is -1.11. The first-order valence-electron chi connectivity index (χ1n) is 7.08. The second-order valence-electron chi connectivity index (χ2n) is 5.41. The zero-order valence-corrected chi connectivity index (χ0v) is 12.2. The summed E-state index contributed by atoms with van der Waals surface area (Å²) in [6, 6.07) is 6.63. The number of morpholine rings is 1.